The first-order chi connectivity index (χ1) is 8.11. The average Bonchev–Trinajstić information content (AvgIpc) is 2.29. The number of nitrogens with one attached hydrogen (secondary N) is 1. The van der Waals surface area contributed by atoms with Gasteiger partial charge in [0.15, 0.2) is 0 Å². The van der Waals surface area contributed by atoms with Gasteiger partial charge in [0.2, 0.25) is 0 Å². The summed E-state index contributed by atoms with van der Waals surface area (Å²) in [7, 11) is 2.01. The molecule has 1 aromatic carbocycles. The number of benzene rings is 1. The standard InChI is InChI=1S/C14H23FN2/c1-5-10-17(4)13-9-7-8-12(15)14(13)11(3)16-6-2/h7-9,11,16H,5-6,10H2,1-4H3. The highest BCUT2D eigenvalue weighted by molar-refractivity contribution is 5.55. The minimum atomic E-state index is -0.126. The number of hydrogen-bond donors (Lipinski definition) is 1. The van der Waals surface area contributed by atoms with Gasteiger partial charge in [0.1, 0.15) is 5.82 Å². The minimum Gasteiger partial charge on any atom is -0.374 e. The van der Waals surface area contributed by atoms with E-state index in [4.69, 9.17) is 0 Å². The Morgan fingerprint density at radius 1 is 1.35 bits per heavy atom. The number of anilines is 1. The molecular weight excluding hydrogens is 215 g/mol. The van der Waals surface area contributed by atoms with E-state index >= 15 is 0 Å². The van der Waals surface area contributed by atoms with Crippen molar-refractivity contribution in [2.24, 2.45) is 0 Å². The topological polar surface area (TPSA) is 15.3 Å². The Bertz CT molecular complexity index is 352. The maximum atomic E-state index is 14.0. The van der Waals surface area contributed by atoms with Gasteiger partial charge in [0.05, 0.1) is 0 Å². The summed E-state index contributed by atoms with van der Waals surface area (Å²) in [6.07, 6.45) is 1.06. The molecule has 17 heavy (non-hydrogen) atoms. The van der Waals surface area contributed by atoms with Crippen LogP contribution < -0.4 is 10.2 Å². The normalized spacial score (nSPS) is 12.5. The molecule has 1 atom stereocenters. The largest absolute Gasteiger partial charge is 0.374 e. The van der Waals surface area contributed by atoms with Gasteiger partial charge in [-0.05, 0) is 32.0 Å². The van der Waals surface area contributed by atoms with Gasteiger partial charge in [-0.2, -0.15) is 0 Å². The van der Waals surface area contributed by atoms with Crippen LogP contribution in [0.3, 0.4) is 0 Å². The number of halogens is 1. The van der Waals surface area contributed by atoms with Crippen molar-refractivity contribution >= 4 is 5.69 Å². The average molecular weight is 238 g/mol. The second kappa shape index (κ2) is 6.60. The fraction of sp³-hybridized carbons (Fsp3) is 0.571. The van der Waals surface area contributed by atoms with Crippen molar-refractivity contribution in [3.63, 3.8) is 0 Å². The summed E-state index contributed by atoms with van der Waals surface area (Å²) < 4.78 is 14.0. The second-order valence-electron chi connectivity index (χ2n) is 4.37. The summed E-state index contributed by atoms with van der Waals surface area (Å²) in [5, 5.41) is 3.27. The van der Waals surface area contributed by atoms with Crippen LogP contribution in [0.2, 0.25) is 0 Å². The van der Waals surface area contributed by atoms with E-state index in [1.807, 2.05) is 27.0 Å². The van der Waals surface area contributed by atoms with Crippen molar-refractivity contribution < 1.29 is 4.39 Å². The lowest BCUT2D eigenvalue weighted by atomic mass is 10.0. The highest BCUT2D eigenvalue weighted by Crippen LogP contribution is 2.28. The van der Waals surface area contributed by atoms with Crippen molar-refractivity contribution in [3.8, 4) is 0 Å². The Morgan fingerprint density at radius 2 is 2.06 bits per heavy atom. The van der Waals surface area contributed by atoms with Crippen molar-refractivity contribution in [2.75, 3.05) is 25.0 Å². The summed E-state index contributed by atoms with van der Waals surface area (Å²) >= 11 is 0. The Morgan fingerprint density at radius 3 is 2.65 bits per heavy atom. The van der Waals surface area contributed by atoms with Gasteiger partial charge in [-0.3, -0.25) is 0 Å². The zero-order valence-corrected chi connectivity index (χ0v) is 11.3. The Kier molecular flexibility index (Phi) is 5.42. The molecule has 0 radical (unpaired) electrons. The molecule has 0 spiro atoms. The van der Waals surface area contributed by atoms with E-state index in [1.165, 1.54) is 6.07 Å². The maximum Gasteiger partial charge on any atom is 0.130 e. The summed E-state index contributed by atoms with van der Waals surface area (Å²) in [5.74, 6) is -0.126. The van der Waals surface area contributed by atoms with E-state index in [0.29, 0.717) is 0 Å². The second-order valence-corrected chi connectivity index (χ2v) is 4.37. The van der Waals surface area contributed by atoms with Crippen LogP contribution in [-0.2, 0) is 0 Å². The zero-order valence-electron chi connectivity index (χ0n) is 11.3. The minimum absolute atomic E-state index is 0.0375. The molecule has 0 saturated carbocycles. The molecule has 0 saturated heterocycles. The number of hydrogen-bond acceptors (Lipinski definition) is 2. The van der Waals surface area contributed by atoms with Crippen LogP contribution in [0.4, 0.5) is 10.1 Å². The molecule has 0 amide bonds. The maximum absolute atomic E-state index is 14.0. The quantitative estimate of drug-likeness (QED) is 0.817. The highest BCUT2D eigenvalue weighted by atomic mass is 19.1. The van der Waals surface area contributed by atoms with Crippen molar-refractivity contribution in [1.29, 1.82) is 0 Å². The van der Waals surface area contributed by atoms with E-state index in [1.54, 1.807) is 6.07 Å². The van der Waals surface area contributed by atoms with Gasteiger partial charge in [-0.25, -0.2) is 4.39 Å². The van der Waals surface area contributed by atoms with Crippen LogP contribution in [-0.4, -0.2) is 20.1 Å². The van der Waals surface area contributed by atoms with Gasteiger partial charge >= 0.3 is 0 Å². The first-order valence-electron chi connectivity index (χ1n) is 6.34. The molecule has 0 aromatic heterocycles. The van der Waals surface area contributed by atoms with Crippen LogP contribution in [0.1, 0.15) is 38.8 Å². The third-order valence-electron chi connectivity index (χ3n) is 2.94. The van der Waals surface area contributed by atoms with Crippen molar-refractivity contribution in [3.05, 3.63) is 29.6 Å². The van der Waals surface area contributed by atoms with Gasteiger partial charge in [0, 0.05) is 30.9 Å². The first-order valence-corrected chi connectivity index (χ1v) is 6.34. The number of rotatable bonds is 6. The van der Waals surface area contributed by atoms with Gasteiger partial charge in [-0.1, -0.05) is 19.9 Å². The van der Waals surface area contributed by atoms with E-state index in [-0.39, 0.29) is 11.9 Å². The summed E-state index contributed by atoms with van der Waals surface area (Å²) in [6.45, 7) is 7.95. The molecule has 0 aliphatic rings. The lowest BCUT2D eigenvalue weighted by molar-refractivity contribution is 0.540. The fourth-order valence-corrected chi connectivity index (χ4v) is 2.15. The van der Waals surface area contributed by atoms with Gasteiger partial charge < -0.3 is 10.2 Å². The van der Waals surface area contributed by atoms with Gasteiger partial charge in [-0.15, -0.1) is 0 Å². The van der Waals surface area contributed by atoms with Crippen LogP contribution in [0, 0.1) is 5.82 Å². The Labute approximate surface area is 104 Å². The van der Waals surface area contributed by atoms with Crippen LogP contribution in [0.15, 0.2) is 18.2 Å². The molecule has 0 aliphatic carbocycles. The molecular formula is C14H23FN2. The smallest absolute Gasteiger partial charge is 0.130 e. The van der Waals surface area contributed by atoms with Crippen molar-refractivity contribution in [1.82, 2.24) is 5.32 Å². The SMILES string of the molecule is CCCN(C)c1cccc(F)c1C(C)NCC. The fourth-order valence-electron chi connectivity index (χ4n) is 2.15. The predicted molar refractivity (Wildman–Crippen MR) is 72.1 cm³/mol. The monoisotopic (exact) mass is 238 g/mol. The molecule has 0 fully saturated rings. The molecule has 1 aromatic rings. The molecule has 3 heteroatoms. The summed E-state index contributed by atoms with van der Waals surface area (Å²) in [5.41, 5.74) is 1.76. The molecule has 0 aliphatic heterocycles. The van der Waals surface area contributed by atoms with Crippen LogP contribution in [0.5, 0.6) is 0 Å². The molecule has 1 unspecified atom stereocenters. The Balaban J connectivity index is 3.07. The van der Waals surface area contributed by atoms with Gasteiger partial charge in [0.25, 0.3) is 0 Å². The zero-order chi connectivity index (χ0) is 12.8. The molecule has 96 valence electrons. The van der Waals surface area contributed by atoms with E-state index in [0.717, 1.165) is 30.8 Å². The highest BCUT2D eigenvalue weighted by Gasteiger charge is 2.16. The van der Waals surface area contributed by atoms with E-state index < -0.39 is 0 Å². The van der Waals surface area contributed by atoms with Crippen LogP contribution in [0.25, 0.3) is 0 Å². The molecule has 0 heterocycles. The van der Waals surface area contributed by atoms with Crippen molar-refractivity contribution in [2.45, 2.75) is 33.2 Å². The molecule has 1 N–H and O–H groups in total. The lowest BCUT2D eigenvalue weighted by Crippen LogP contribution is -2.25. The third kappa shape index (κ3) is 3.43. The summed E-state index contributed by atoms with van der Waals surface area (Å²) in [4.78, 5) is 2.12. The van der Waals surface area contributed by atoms with Crippen LogP contribution >= 0.6 is 0 Å². The molecule has 1 rings (SSSR count). The summed E-state index contributed by atoms with van der Waals surface area (Å²) in [6, 6.07) is 5.34. The predicted octanol–water partition coefficient (Wildman–Crippen LogP) is 3.34. The third-order valence-corrected chi connectivity index (χ3v) is 2.94. The first kappa shape index (κ1) is 14.0. The Hall–Kier alpha value is -1.09. The molecule has 0 bridgehead atoms. The number of nitrogens with zero attached hydrogens (tertiary/aromatic N) is 1. The molecule has 2 nitrogen and oxygen atoms in total. The van der Waals surface area contributed by atoms with E-state index in [9.17, 15) is 4.39 Å². The lowest BCUT2D eigenvalue weighted by Gasteiger charge is -2.25. The van der Waals surface area contributed by atoms with E-state index in [2.05, 4.69) is 17.1 Å².